The number of aryl methyl sites for hydroxylation is 1. The maximum Gasteiger partial charge on any atom is 0.341 e. The van der Waals surface area contributed by atoms with E-state index in [0.29, 0.717) is 16.3 Å². The summed E-state index contributed by atoms with van der Waals surface area (Å²) >= 11 is 1.38. The van der Waals surface area contributed by atoms with Crippen LogP contribution in [-0.4, -0.2) is 24.4 Å². The predicted molar refractivity (Wildman–Crippen MR) is 103 cm³/mol. The molecule has 2 rings (SSSR count). The molecule has 0 radical (unpaired) electrons. The summed E-state index contributed by atoms with van der Waals surface area (Å²) in [4.78, 5) is 36.4. The fraction of sp³-hybridized carbons (Fsp3) is 0.316. The number of hydrogen-bond acceptors (Lipinski definition) is 5. The molecule has 2 N–H and O–H groups in total. The molecule has 0 aliphatic heterocycles. The smallest absolute Gasteiger partial charge is 0.341 e. The van der Waals surface area contributed by atoms with Crippen molar-refractivity contribution in [3.8, 4) is 0 Å². The van der Waals surface area contributed by atoms with Gasteiger partial charge in [-0.25, -0.2) is 4.79 Å². The number of ether oxygens (including phenoxy) is 1. The minimum atomic E-state index is -0.432. The van der Waals surface area contributed by atoms with Gasteiger partial charge in [0.25, 0.3) is 0 Å². The van der Waals surface area contributed by atoms with E-state index in [-0.39, 0.29) is 24.8 Å². The number of hydrogen-bond donors (Lipinski definition) is 2. The van der Waals surface area contributed by atoms with Crippen molar-refractivity contribution < 1.29 is 19.1 Å². The Hall–Kier alpha value is -2.67. The molecule has 2 amide bonds. The van der Waals surface area contributed by atoms with Gasteiger partial charge in [0.2, 0.25) is 11.8 Å². The van der Waals surface area contributed by atoms with Crippen LogP contribution < -0.4 is 10.6 Å². The molecule has 1 aromatic carbocycles. The molecule has 0 aliphatic carbocycles. The zero-order chi connectivity index (χ0) is 19.1. The van der Waals surface area contributed by atoms with Crippen molar-refractivity contribution >= 4 is 39.8 Å². The van der Waals surface area contributed by atoms with Crippen molar-refractivity contribution in [2.24, 2.45) is 0 Å². The zero-order valence-corrected chi connectivity index (χ0v) is 15.9. The molecular formula is C19H22N2O4S. The standard InChI is InChI=1S/C19H22N2O4S/c1-4-15-11-16(19(24)25-5-2)18(26-15)21-17(23)10-13-6-8-14(9-7-13)20-12(3)22/h6-9,11H,4-5,10H2,1-3H3,(H,20,22)(H,21,23). The van der Waals surface area contributed by atoms with Gasteiger partial charge in [-0.1, -0.05) is 19.1 Å². The summed E-state index contributed by atoms with van der Waals surface area (Å²) < 4.78 is 5.05. The number of thiophene rings is 1. The average molecular weight is 374 g/mol. The van der Waals surface area contributed by atoms with Gasteiger partial charge in [-0.15, -0.1) is 11.3 Å². The first-order chi connectivity index (χ1) is 12.4. The molecule has 0 saturated carbocycles. The monoisotopic (exact) mass is 374 g/mol. The fourth-order valence-corrected chi connectivity index (χ4v) is 3.34. The highest BCUT2D eigenvalue weighted by molar-refractivity contribution is 7.16. The van der Waals surface area contributed by atoms with Crippen molar-refractivity contribution in [2.45, 2.75) is 33.6 Å². The van der Waals surface area contributed by atoms with E-state index < -0.39 is 5.97 Å². The van der Waals surface area contributed by atoms with Crippen LogP contribution in [0.2, 0.25) is 0 Å². The van der Waals surface area contributed by atoms with Crippen LogP contribution in [0.3, 0.4) is 0 Å². The van der Waals surface area contributed by atoms with E-state index in [0.717, 1.165) is 16.9 Å². The third-order valence-corrected chi connectivity index (χ3v) is 4.71. The van der Waals surface area contributed by atoms with Crippen LogP contribution >= 0.6 is 11.3 Å². The summed E-state index contributed by atoms with van der Waals surface area (Å²) in [6.45, 7) is 5.45. The molecule has 1 heterocycles. The van der Waals surface area contributed by atoms with Gasteiger partial charge in [-0.05, 0) is 37.1 Å². The SMILES string of the molecule is CCOC(=O)c1cc(CC)sc1NC(=O)Cc1ccc(NC(C)=O)cc1. The van der Waals surface area contributed by atoms with Crippen LogP contribution in [0.5, 0.6) is 0 Å². The Balaban J connectivity index is 2.06. The fourth-order valence-electron chi connectivity index (χ4n) is 2.34. The van der Waals surface area contributed by atoms with Crippen LogP contribution in [0, 0.1) is 0 Å². The molecule has 0 unspecified atom stereocenters. The second-order valence-corrected chi connectivity index (χ2v) is 6.77. The minimum absolute atomic E-state index is 0.147. The Morgan fingerprint density at radius 2 is 1.77 bits per heavy atom. The lowest BCUT2D eigenvalue weighted by atomic mass is 10.1. The first-order valence-electron chi connectivity index (χ1n) is 8.39. The second-order valence-electron chi connectivity index (χ2n) is 5.63. The number of carbonyl (C=O) groups is 3. The summed E-state index contributed by atoms with van der Waals surface area (Å²) in [6, 6.07) is 8.81. The molecule has 0 atom stereocenters. The summed E-state index contributed by atoms with van der Waals surface area (Å²) in [7, 11) is 0. The van der Waals surface area contributed by atoms with E-state index >= 15 is 0 Å². The number of benzene rings is 1. The Morgan fingerprint density at radius 3 is 2.35 bits per heavy atom. The molecule has 6 nitrogen and oxygen atoms in total. The van der Waals surface area contributed by atoms with Gasteiger partial charge in [0, 0.05) is 17.5 Å². The molecule has 0 bridgehead atoms. The van der Waals surface area contributed by atoms with Gasteiger partial charge in [0.1, 0.15) is 5.00 Å². The van der Waals surface area contributed by atoms with Crippen LogP contribution in [-0.2, 0) is 27.2 Å². The van der Waals surface area contributed by atoms with Gasteiger partial charge in [0.05, 0.1) is 18.6 Å². The van der Waals surface area contributed by atoms with Crippen LogP contribution in [0.15, 0.2) is 30.3 Å². The van der Waals surface area contributed by atoms with E-state index in [1.54, 1.807) is 37.3 Å². The molecule has 26 heavy (non-hydrogen) atoms. The maximum absolute atomic E-state index is 12.3. The highest BCUT2D eigenvalue weighted by atomic mass is 32.1. The van der Waals surface area contributed by atoms with Crippen molar-refractivity contribution in [2.75, 3.05) is 17.2 Å². The topological polar surface area (TPSA) is 84.5 Å². The summed E-state index contributed by atoms with van der Waals surface area (Å²) in [6.07, 6.45) is 0.944. The van der Waals surface area contributed by atoms with Crippen molar-refractivity contribution in [1.29, 1.82) is 0 Å². The lowest BCUT2D eigenvalue weighted by molar-refractivity contribution is -0.116. The average Bonchev–Trinajstić information content (AvgIpc) is 2.99. The van der Waals surface area contributed by atoms with Gasteiger partial charge in [0.15, 0.2) is 0 Å². The number of anilines is 2. The molecule has 1 aromatic heterocycles. The quantitative estimate of drug-likeness (QED) is 0.725. The van der Waals surface area contributed by atoms with Crippen molar-refractivity contribution in [3.05, 3.63) is 46.3 Å². The lowest BCUT2D eigenvalue weighted by Gasteiger charge is -2.07. The highest BCUT2D eigenvalue weighted by Gasteiger charge is 2.18. The third kappa shape index (κ3) is 5.42. The van der Waals surface area contributed by atoms with E-state index in [1.807, 2.05) is 6.92 Å². The Morgan fingerprint density at radius 1 is 1.08 bits per heavy atom. The Kier molecular flexibility index (Phi) is 6.91. The van der Waals surface area contributed by atoms with E-state index in [4.69, 9.17) is 4.74 Å². The Labute approximate surface area is 156 Å². The predicted octanol–water partition coefficient (Wildman–Crippen LogP) is 3.63. The molecule has 2 aromatic rings. The summed E-state index contributed by atoms with van der Waals surface area (Å²) in [5.41, 5.74) is 1.88. The van der Waals surface area contributed by atoms with Crippen LogP contribution in [0.25, 0.3) is 0 Å². The third-order valence-electron chi connectivity index (χ3n) is 3.52. The van der Waals surface area contributed by atoms with Gasteiger partial charge < -0.3 is 15.4 Å². The van der Waals surface area contributed by atoms with Gasteiger partial charge in [-0.2, -0.15) is 0 Å². The minimum Gasteiger partial charge on any atom is -0.462 e. The first-order valence-corrected chi connectivity index (χ1v) is 9.20. The van der Waals surface area contributed by atoms with E-state index in [2.05, 4.69) is 10.6 Å². The van der Waals surface area contributed by atoms with Crippen molar-refractivity contribution in [1.82, 2.24) is 0 Å². The molecule has 0 saturated heterocycles. The maximum atomic E-state index is 12.3. The second kappa shape index (κ2) is 9.15. The normalized spacial score (nSPS) is 10.3. The number of esters is 1. The summed E-state index contributed by atoms with van der Waals surface area (Å²) in [5, 5.41) is 6.00. The van der Waals surface area contributed by atoms with Crippen LogP contribution in [0.1, 0.15) is 41.6 Å². The number of nitrogens with one attached hydrogen (secondary N) is 2. The van der Waals surface area contributed by atoms with Gasteiger partial charge >= 0.3 is 5.97 Å². The highest BCUT2D eigenvalue weighted by Crippen LogP contribution is 2.29. The molecule has 0 aliphatic rings. The Bertz CT molecular complexity index is 796. The lowest BCUT2D eigenvalue weighted by Crippen LogP contribution is -2.16. The molecule has 7 heteroatoms. The largest absolute Gasteiger partial charge is 0.462 e. The number of carbonyl (C=O) groups excluding carboxylic acids is 3. The number of rotatable bonds is 7. The molecule has 0 spiro atoms. The van der Waals surface area contributed by atoms with Gasteiger partial charge in [-0.3, -0.25) is 9.59 Å². The van der Waals surface area contributed by atoms with E-state index in [1.165, 1.54) is 18.3 Å². The number of amides is 2. The van der Waals surface area contributed by atoms with Crippen molar-refractivity contribution in [3.63, 3.8) is 0 Å². The van der Waals surface area contributed by atoms with Crippen LogP contribution in [0.4, 0.5) is 10.7 Å². The first kappa shape index (κ1) is 19.7. The molecular weight excluding hydrogens is 352 g/mol. The zero-order valence-electron chi connectivity index (χ0n) is 15.0. The molecule has 0 fully saturated rings. The molecule has 138 valence electrons. The summed E-state index contributed by atoms with van der Waals surface area (Å²) in [5.74, 6) is -0.794. The van der Waals surface area contributed by atoms with E-state index in [9.17, 15) is 14.4 Å².